The summed E-state index contributed by atoms with van der Waals surface area (Å²) in [5, 5.41) is 14.6. The molecule has 3 nitrogen and oxygen atoms in total. The molecule has 0 spiro atoms. The molecule has 1 aliphatic heterocycles. The first-order valence-corrected chi connectivity index (χ1v) is 7.05. The predicted octanol–water partition coefficient (Wildman–Crippen LogP) is 1.93. The van der Waals surface area contributed by atoms with Gasteiger partial charge >= 0.3 is 0 Å². The zero-order chi connectivity index (χ0) is 12.6. The van der Waals surface area contributed by atoms with Gasteiger partial charge in [-0.25, -0.2) is 0 Å². The number of benzene rings is 1. The van der Waals surface area contributed by atoms with E-state index in [0.717, 1.165) is 37.1 Å². The Morgan fingerprint density at radius 1 is 1.28 bits per heavy atom. The molecule has 1 saturated heterocycles. The summed E-state index contributed by atoms with van der Waals surface area (Å²) in [5.41, 5.74) is 8.26. The number of nitrogen functional groups attached to an aromatic ring is 1. The molecule has 0 bridgehead atoms. The molecule has 0 amide bonds. The fraction of sp³-hybridized carbons (Fsp3) is 0.600. The third-order valence-electron chi connectivity index (χ3n) is 4.51. The van der Waals surface area contributed by atoms with Crippen molar-refractivity contribution < 1.29 is 5.11 Å². The molecule has 3 rings (SSSR count). The number of hydrogen-bond acceptors (Lipinski definition) is 3. The van der Waals surface area contributed by atoms with Crippen molar-refractivity contribution in [3.05, 3.63) is 29.3 Å². The second-order valence-corrected chi connectivity index (χ2v) is 5.70. The van der Waals surface area contributed by atoms with Gasteiger partial charge in [0.05, 0.1) is 0 Å². The van der Waals surface area contributed by atoms with Crippen LogP contribution in [-0.4, -0.2) is 17.7 Å². The van der Waals surface area contributed by atoms with Crippen LogP contribution in [0.5, 0.6) is 0 Å². The molecule has 1 aliphatic carbocycles. The lowest BCUT2D eigenvalue weighted by atomic mass is 9.85. The highest BCUT2D eigenvalue weighted by Crippen LogP contribution is 2.41. The highest BCUT2D eigenvalue weighted by molar-refractivity contribution is 5.49. The molecule has 1 aromatic rings. The lowest BCUT2D eigenvalue weighted by Gasteiger charge is -2.33. The Labute approximate surface area is 108 Å². The van der Waals surface area contributed by atoms with Crippen molar-refractivity contribution >= 4 is 5.69 Å². The fourth-order valence-electron chi connectivity index (χ4n) is 3.50. The number of anilines is 1. The van der Waals surface area contributed by atoms with Gasteiger partial charge in [0.1, 0.15) is 5.60 Å². The van der Waals surface area contributed by atoms with E-state index in [1.165, 1.54) is 24.8 Å². The summed E-state index contributed by atoms with van der Waals surface area (Å²) >= 11 is 0. The minimum absolute atomic E-state index is 0.199. The summed E-state index contributed by atoms with van der Waals surface area (Å²) in [6, 6.07) is 6.14. The van der Waals surface area contributed by atoms with E-state index in [1.807, 2.05) is 18.2 Å². The Kier molecular flexibility index (Phi) is 3.04. The number of rotatable bonds is 1. The van der Waals surface area contributed by atoms with Crippen molar-refractivity contribution in [2.75, 3.05) is 12.3 Å². The monoisotopic (exact) mass is 246 g/mol. The van der Waals surface area contributed by atoms with Crippen LogP contribution in [0.3, 0.4) is 0 Å². The lowest BCUT2D eigenvalue weighted by molar-refractivity contribution is -0.00313. The van der Waals surface area contributed by atoms with Gasteiger partial charge in [0.15, 0.2) is 0 Å². The zero-order valence-electron chi connectivity index (χ0n) is 10.8. The summed E-state index contributed by atoms with van der Waals surface area (Å²) in [7, 11) is 0. The van der Waals surface area contributed by atoms with Crippen LogP contribution in [0.1, 0.15) is 43.2 Å². The third-order valence-corrected chi connectivity index (χ3v) is 4.51. The second kappa shape index (κ2) is 4.56. The van der Waals surface area contributed by atoms with E-state index in [0.29, 0.717) is 0 Å². The van der Waals surface area contributed by atoms with Crippen LogP contribution in [0.15, 0.2) is 18.2 Å². The number of nitrogens with one attached hydrogen (secondary N) is 1. The van der Waals surface area contributed by atoms with E-state index in [2.05, 4.69) is 5.32 Å². The number of fused-ring (bicyclic) bond motifs is 1. The molecule has 98 valence electrons. The average Bonchev–Trinajstić information content (AvgIpc) is 2.59. The van der Waals surface area contributed by atoms with Gasteiger partial charge in [0.2, 0.25) is 0 Å². The summed E-state index contributed by atoms with van der Waals surface area (Å²) in [6.07, 6.45) is 6.54. The van der Waals surface area contributed by atoms with Crippen LogP contribution in [-0.2, 0) is 12.0 Å². The minimum Gasteiger partial charge on any atom is -0.399 e. The zero-order valence-corrected chi connectivity index (χ0v) is 10.8. The van der Waals surface area contributed by atoms with Crippen molar-refractivity contribution in [2.24, 2.45) is 0 Å². The van der Waals surface area contributed by atoms with Gasteiger partial charge in [-0.1, -0.05) is 18.9 Å². The molecule has 2 atom stereocenters. The molecule has 1 heterocycles. The van der Waals surface area contributed by atoms with Gasteiger partial charge in [-0.2, -0.15) is 0 Å². The quantitative estimate of drug-likeness (QED) is 0.664. The minimum atomic E-state index is -0.687. The Morgan fingerprint density at radius 2 is 2.17 bits per heavy atom. The van der Waals surface area contributed by atoms with Crippen LogP contribution in [0.25, 0.3) is 0 Å². The van der Waals surface area contributed by atoms with E-state index >= 15 is 0 Å². The Morgan fingerprint density at radius 3 is 3.06 bits per heavy atom. The summed E-state index contributed by atoms with van der Waals surface area (Å²) < 4.78 is 0. The average molecular weight is 246 g/mol. The van der Waals surface area contributed by atoms with Crippen molar-refractivity contribution in [3.8, 4) is 0 Å². The molecular formula is C15H22N2O. The van der Waals surface area contributed by atoms with Crippen LogP contribution in [0.2, 0.25) is 0 Å². The van der Waals surface area contributed by atoms with Crippen LogP contribution < -0.4 is 11.1 Å². The fourth-order valence-corrected chi connectivity index (χ4v) is 3.50. The van der Waals surface area contributed by atoms with Crippen molar-refractivity contribution in [1.29, 1.82) is 0 Å². The van der Waals surface area contributed by atoms with Crippen LogP contribution in [0.4, 0.5) is 5.69 Å². The summed E-state index contributed by atoms with van der Waals surface area (Å²) in [6.45, 7) is 1.03. The molecule has 4 N–H and O–H groups in total. The number of aryl methyl sites for hydroxylation is 1. The first-order valence-electron chi connectivity index (χ1n) is 7.05. The van der Waals surface area contributed by atoms with Crippen molar-refractivity contribution in [1.82, 2.24) is 5.32 Å². The van der Waals surface area contributed by atoms with Gasteiger partial charge in [0, 0.05) is 11.7 Å². The maximum Gasteiger partial charge on any atom is 0.105 e. The number of aliphatic hydroxyl groups is 1. The predicted molar refractivity (Wildman–Crippen MR) is 73.3 cm³/mol. The van der Waals surface area contributed by atoms with E-state index < -0.39 is 5.60 Å². The van der Waals surface area contributed by atoms with E-state index in [1.54, 1.807) is 0 Å². The Balaban J connectivity index is 1.92. The number of nitrogens with two attached hydrogens (primary N) is 1. The van der Waals surface area contributed by atoms with E-state index in [4.69, 9.17) is 5.73 Å². The second-order valence-electron chi connectivity index (χ2n) is 5.70. The summed E-state index contributed by atoms with van der Waals surface area (Å²) in [5.74, 6) is 0. The number of hydrogen-bond donors (Lipinski definition) is 3. The molecule has 18 heavy (non-hydrogen) atoms. The first kappa shape index (κ1) is 12.0. The highest BCUT2D eigenvalue weighted by Gasteiger charge is 2.43. The van der Waals surface area contributed by atoms with Crippen molar-refractivity contribution in [2.45, 2.75) is 50.2 Å². The molecule has 2 unspecified atom stereocenters. The molecule has 0 aromatic heterocycles. The van der Waals surface area contributed by atoms with E-state index in [-0.39, 0.29) is 6.04 Å². The van der Waals surface area contributed by atoms with Gasteiger partial charge in [-0.15, -0.1) is 0 Å². The topological polar surface area (TPSA) is 58.3 Å². The molecule has 3 heteroatoms. The first-order chi connectivity index (χ1) is 8.70. The smallest absolute Gasteiger partial charge is 0.105 e. The molecule has 1 aromatic carbocycles. The third kappa shape index (κ3) is 1.91. The van der Waals surface area contributed by atoms with Crippen LogP contribution >= 0.6 is 0 Å². The van der Waals surface area contributed by atoms with Gasteiger partial charge in [-0.05, 0) is 55.5 Å². The molecule has 2 aliphatic rings. The molecule has 1 fully saturated rings. The highest BCUT2D eigenvalue weighted by atomic mass is 16.3. The van der Waals surface area contributed by atoms with Gasteiger partial charge in [-0.3, -0.25) is 0 Å². The maximum absolute atomic E-state index is 11.1. The maximum atomic E-state index is 11.1. The Bertz CT molecular complexity index is 438. The van der Waals surface area contributed by atoms with E-state index in [9.17, 15) is 5.11 Å². The SMILES string of the molecule is Nc1ccc2c(c1)CCC2(O)C1CCCCCN1. The largest absolute Gasteiger partial charge is 0.399 e. The molecular weight excluding hydrogens is 224 g/mol. The lowest BCUT2D eigenvalue weighted by Crippen LogP contribution is -2.47. The molecule has 0 saturated carbocycles. The summed E-state index contributed by atoms with van der Waals surface area (Å²) in [4.78, 5) is 0. The Hall–Kier alpha value is -1.06. The normalized spacial score (nSPS) is 31.9. The van der Waals surface area contributed by atoms with Gasteiger partial charge in [0.25, 0.3) is 0 Å². The van der Waals surface area contributed by atoms with Crippen molar-refractivity contribution in [3.63, 3.8) is 0 Å². The van der Waals surface area contributed by atoms with Crippen LogP contribution in [0, 0.1) is 0 Å². The standard InChI is InChI=1S/C15H22N2O/c16-12-5-6-13-11(10-12)7-8-15(13,18)14-4-2-1-3-9-17-14/h5-6,10,14,17-18H,1-4,7-9,16H2. The van der Waals surface area contributed by atoms with Gasteiger partial charge < -0.3 is 16.2 Å². The molecule has 0 radical (unpaired) electrons.